The van der Waals surface area contributed by atoms with Crippen molar-refractivity contribution in [3.63, 3.8) is 0 Å². The molecule has 0 bridgehead atoms. The second kappa shape index (κ2) is 9.10. The predicted molar refractivity (Wildman–Crippen MR) is 107 cm³/mol. The number of hydrogen-bond donors (Lipinski definition) is 0. The number of unbranched alkanes of at least 4 members (excludes halogenated alkanes) is 1. The molecule has 1 rings (SSSR count). The highest BCUT2D eigenvalue weighted by molar-refractivity contribution is 14.1. The van der Waals surface area contributed by atoms with Gasteiger partial charge in [-0.25, -0.2) is 0 Å². The highest BCUT2D eigenvalue weighted by Crippen LogP contribution is 2.29. The van der Waals surface area contributed by atoms with Gasteiger partial charge in [0.25, 0.3) is 0 Å². The number of esters is 1. The van der Waals surface area contributed by atoms with Gasteiger partial charge in [-0.05, 0) is 96.5 Å². The van der Waals surface area contributed by atoms with Crippen LogP contribution in [0, 0.1) is 7.14 Å². The van der Waals surface area contributed by atoms with Gasteiger partial charge in [0.1, 0.15) is 11.4 Å². The van der Waals surface area contributed by atoms with Crippen molar-refractivity contribution >= 4 is 57.2 Å². The van der Waals surface area contributed by atoms with Gasteiger partial charge in [0.15, 0.2) is 0 Å². The molecule has 0 aliphatic carbocycles. The van der Waals surface area contributed by atoms with E-state index in [9.17, 15) is 4.79 Å². The van der Waals surface area contributed by atoms with Gasteiger partial charge in [0.05, 0.1) is 13.7 Å². The number of halogens is 2. The predicted octanol–water partition coefficient (Wildman–Crippen LogP) is 5.43. The maximum Gasteiger partial charge on any atom is 0.306 e. The molecule has 0 fully saturated rings. The van der Waals surface area contributed by atoms with Gasteiger partial charge in [0.2, 0.25) is 0 Å². The quantitative estimate of drug-likeness (QED) is 0.269. The molecule has 1 aromatic rings. The molecule has 0 N–H and O–H groups in total. The van der Waals surface area contributed by atoms with Crippen molar-refractivity contribution in [3.05, 3.63) is 31.4 Å². The van der Waals surface area contributed by atoms with Crippen molar-refractivity contribution in [3.8, 4) is 5.75 Å². The van der Waals surface area contributed by atoms with Crippen molar-refractivity contribution in [2.75, 3.05) is 6.61 Å². The van der Waals surface area contributed by atoms with Gasteiger partial charge in [0, 0.05) is 6.42 Å². The number of rotatable bonds is 7. The zero-order chi connectivity index (χ0) is 16.8. The monoisotopic (exact) mass is 528 g/mol. The summed E-state index contributed by atoms with van der Waals surface area (Å²) in [6, 6.07) is 4.09. The molecule has 0 saturated heterocycles. The molecule has 0 aliphatic rings. The minimum absolute atomic E-state index is 0.146. The molecular weight excluding hydrogens is 506 g/mol. The Morgan fingerprint density at radius 3 is 2.32 bits per heavy atom. The molecule has 0 heterocycles. The normalized spacial score (nSPS) is 11.1. The van der Waals surface area contributed by atoms with Crippen LogP contribution >= 0.6 is 45.2 Å². The maximum atomic E-state index is 11.6. The van der Waals surface area contributed by atoms with Gasteiger partial charge < -0.3 is 9.47 Å². The van der Waals surface area contributed by atoms with E-state index in [0.29, 0.717) is 13.0 Å². The largest absolute Gasteiger partial charge is 0.491 e. The molecule has 0 aliphatic heterocycles. The zero-order valence-electron chi connectivity index (χ0n) is 13.2. The van der Waals surface area contributed by atoms with Crippen LogP contribution in [0.25, 0.3) is 6.08 Å². The zero-order valence-corrected chi connectivity index (χ0v) is 17.6. The van der Waals surface area contributed by atoms with E-state index in [2.05, 4.69) is 51.8 Å². The molecule has 1 aromatic carbocycles. The Hall–Kier alpha value is -0.310. The lowest BCUT2D eigenvalue weighted by atomic mass is 10.2. The Morgan fingerprint density at radius 2 is 1.82 bits per heavy atom. The average molecular weight is 528 g/mol. The van der Waals surface area contributed by atoms with E-state index in [-0.39, 0.29) is 5.97 Å². The Kier molecular flexibility index (Phi) is 8.16. The fourth-order valence-corrected chi connectivity index (χ4v) is 3.90. The average Bonchev–Trinajstić information content (AvgIpc) is 2.38. The summed E-state index contributed by atoms with van der Waals surface area (Å²) in [7, 11) is 0. The van der Waals surface area contributed by atoms with E-state index < -0.39 is 5.60 Å². The summed E-state index contributed by atoms with van der Waals surface area (Å²) in [4.78, 5) is 11.6. The van der Waals surface area contributed by atoms with Crippen LogP contribution in [0.5, 0.6) is 5.75 Å². The molecule has 0 spiro atoms. The number of benzene rings is 1. The molecule has 0 unspecified atom stereocenters. The van der Waals surface area contributed by atoms with Crippen molar-refractivity contribution in [2.24, 2.45) is 0 Å². The van der Waals surface area contributed by atoms with Crippen LogP contribution in [0.3, 0.4) is 0 Å². The Morgan fingerprint density at radius 1 is 1.23 bits per heavy atom. The van der Waals surface area contributed by atoms with Crippen LogP contribution in [0.1, 0.15) is 45.6 Å². The van der Waals surface area contributed by atoms with Crippen LogP contribution < -0.4 is 4.74 Å². The van der Waals surface area contributed by atoms with Gasteiger partial charge in [-0.15, -0.1) is 0 Å². The first-order chi connectivity index (χ1) is 10.2. The van der Waals surface area contributed by atoms with Gasteiger partial charge in [-0.2, -0.15) is 0 Å². The molecule has 122 valence electrons. The minimum atomic E-state index is -0.410. The van der Waals surface area contributed by atoms with Crippen molar-refractivity contribution in [1.82, 2.24) is 0 Å². The molecule has 0 amide bonds. The van der Waals surface area contributed by atoms with E-state index in [4.69, 9.17) is 9.47 Å². The van der Waals surface area contributed by atoms with Crippen molar-refractivity contribution in [1.29, 1.82) is 0 Å². The molecule has 3 nitrogen and oxygen atoms in total. The SMILES string of the molecule is C=Cc1cc(I)c(OCCCCC(=O)OC(C)(C)C)c(I)c1. The summed E-state index contributed by atoms with van der Waals surface area (Å²) in [5, 5.41) is 0. The maximum absolute atomic E-state index is 11.6. The molecular formula is C17H22I2O3. The molecule has 22 heavy (non-hydrogen) atoms. The smallest absolute Gasteiger partial charge is 0.306 e. The molecule has 0 radical (unpaired) electrons. The third-order valence-corrected chi connectivity index (χ3v) is 4.30. The molecule has 0 aromatic heterocycles. The van der Waals surface area contributed by atoms with E-state index in [0.717, 1.165) is 31.3 Å². The summed E-state index contributed by atoms with van der Waals surface area (Å²) >= 11 is 4.54. The van der Waals surface area contributed by atoms with Crippen molar-refractivity contribution in [2.45, 2.75) is 45.6 Å². The van der Waals surface area contributed by atoms with Gasteiger partial charge in [-0.1, -0.05) is 12.7 Å². The number of carbonyl (C=O) groups is 1. The Bertz CT molecular complexity index is 510. The highest BCUT2D eigenvalue weighted by atomic mass is 127. The first kappa shape index (κ1) is 19.7. The van der Waals surface area contributed by atoms with E-state index in [1.807, 2.05) is 39.0 Å². The summed E-state index contributed by atoms with van der Waals surface area (Å²) < 4.78 is 13.3. The second-order valence-electron chi connectivity index (χ2n) is 5.91. The second-order valence-corrected chi connectivity index (χ2v) is 8.23. The summed E-state index contributed by atoms with van der Waals surface area (Å²) in [5.41, 5.74) is 0.679. The lowest BCUT2D eigenvalue weighted by molar-refractivity contribution is -0.154. The fraction of sp³-hybridized carbons (Fsp3) is 0.471. The number of hydrogen-bond acceptors (Lipinski definition) is 3. The highest BCUT2D eigenvalue weighted by Gasteiger charge is 2.15. The number of carbonyl (C=O) groups excluding carboxylic acids is 1. The van der Waals surface area contributed by atoms with E-state index in [1.165, 1.54) is 0 Å². The standard InChI is InChI=1S/C17H22I2O3/c1-5-12-10-13(18)16(14(19)11-12)21-9-7-6-8-15(20)22-17(2,3)4/h5,10-11H,1,6-9H2,2-4H3. The lowest BCUT2D eigenvalue weighted by Gasteiger charge is -2.19. The summed E-state index contributed by atoms with van der Waals surface area (Å²) in [5.74, 6) is 0.760. The van der Waals surface area contributed by atoms with E-state index >= 15 is 0 Å². The molecule has 0 saturated carbocycles. The fourth-order valence-electron chi connectivity index (χ4n) is 1.77. The minimum Gasteiger partial charge on any atom is -0.491 e. The number of ether oxygens (including phenoxy) is 2. The first-order valence-corrected chi connectivity index (χ1v) is 9.35. The van der Waals surface area contributed by atoms with Crippen LogP contribution in [-0.4, -0.2) is 18.2 Å². The van der Waals surface area contributed by atoms with Crippen LogP contribution in [0.15, 0.2) is 18.7 Å². The Balaban J connectivity index is 2.37. The van der Waals surface area contributed by atoms with E-state index in [1.54, 1.807) is 0 Å². The summed E-state index contributed by atoms with van der Waals surface area (Å²) in [6.07, 6.45) is 3.86. The van der Waals surface area contributed by atoms with Crippen LogP contribution in [0.4, 0.5) is 0 Å². The van der Waals surface area contributed by atoms with Crippen LogP contribution in [-0.2, 0) is 9.53 Å². The summed E-state index contributed by atoms with van der Waals surface area (Å²) in [6.45, 7) is 10.0. The van der Waals surface area contributed by atoms with Gasteiger partial charge in [-0.3, -0.25) is 4.79 Å². The lowest BCUT2D eigenvalue weighted by Crippen LogP contribution is -2.23. The Labute approximate surface area is 160 Å². The van der Waals surface area contributed by atoms with Crippen molar-refractivity contribution < 1.29 is 14.3 Å². The first-order valence-electron chi connectivity index (χ1n) is 7.19. The van der Waals surface area contributed by atoms with Gasteiger partial charge >= 0.3 is 5.97 Å². The molecule has 5 heteroatoms. The third-order valence-electron chi connectivity index (χ3n) is 2.70. The topological polar surface area (TPSA) is 35.5 Å². The van der Waals surface area contributed by atoms with Crippen LogP contribution in [0.2, 0.25) is 0 Å². The molecule has 0 atom stereocenters. The third kappa shape index (κ3) is 7.30.